The van der Waals surface area contributed by atoms with E-state index in [1.54, 1.807) is 31.2 Å². The predicted molar refractivity (Wildman–Crippen MR) is 90.4 cm³/mol. The van der Waals surface area contributed by atoms with E-state index >= 15 is 0 Å². The molecule has 1 N–H and O–H groups in total. The molecule has 0 heterocycles. The lowest BCUT2D eigenvalue weighted by molar-refractivity contribution is 0.341. The zero-order valence-corrected chi connectivity index (χ0v) is 15.3. The maximum absolute atomic E-state index is 12.1. The summed E-state index contributed by atoms with van der Waals surface area (Å²) in [5.74, 6) is 0.427. The normalized spacial score (nSPS) is 12.4. The quantitative estimate of drug-likeness (QED) is 0.677. The fourth-order valence-corrected chi connectivity index (χ4v) is 3.35. The lowest BCUT2D eigenvalue weighted by Crippen LogP contribution is -2.42. The topological polar surface area (TPSA) is 96.0 Å². The summed E-state index contributed by atoms with van der Waals surface area (Å²) in [5, 5.41) is 0. The number of para-hydroxylation sites is 2. The third kappa shape index (κ3) is 5.65. The molecule has 0 amide bonds. The average Bonchev–Trinajstić information content (AvgIpc) is 2.43. The number of hydrogen-bond donors (Lipinski definition) is 1. The molecule has 0 fully saturated rings. The highest BCUT2D eigenvalue weighted by Gasteiger charge is 2.22. The van der Waals surface area contributed by atoms with Crippen LogP contribution >= 0.6 is 0 Å². The van der Waals surface area contributed by atoms with Crippen LogP contribution in [0.25, 0.3) is 0 Å². The van der Waals surface area contributed by atoms with Crippen molar-refractivity contribution < 1.29 is 21.6 Å². The molecule has 132 valence electrons. The standard InChI is InChI=1S/C13H23N3O5S2/c1-5-21-13-9-7-6-8-12(13)16(22(4,17)18)11-10-14-23(19,20)15(2)3/h6-9,14H,5,10-11H2,1-4H3. The lowest BCUT2D eigenvalue weighted by atomic mass is 10.3. The molecule has 23 heavy (non-hydrogen) atoms. The van der Waals surface area contributed by atoms with Crippen LogP contribution in [0.2, 0.25) is 0 Å². The van der Waals surface area contributed by atoms with Crippen molar-refractivity contribution in [2.45, 2.75) is 6.92 Å². The molecule has 0 aliphatic rings. The van der Waals surface area contributed by atoms with Crippen molar-refractivity contribution in [3.63, 3.8) is 0 Å². The molecule has 0 aliphatic carbocycles. The highest BCUT2D eigenvalue weighted by molar-refractivity contribution is 7.92. The van der Waals surface area contributed by atoms with E-state index in [0.717, 1.165) is 14.9 Å². The lowest BCUT2D eigenvalue weighted by Gasteiger charge is -2.25. The van der Waals surface area contributed by atoms with E-state index in [-0.39, 0.29) is 13.1 Å². The third-order valence-corrected chi connectivity index (χ3v) is 5.62. The Bertz CT molecular complexity index is 717. The Balaban J connectivity index is 3.00. The first-order valence-corrected chi connectivity index (χ1v) is 10.2. The molecule has 0 atom stereocenters. The molecule has 1 aromatic carbocycles. The van der Waals surface area contributed by atoms with Gasteiger partial charge in [-0.25, -0.2) is 13.1 Å². The molecule has 0 aromatic heterocycles. The van der Waals surface area contributed by atoms with Gasteiger partial charge in [-0.1, -0.05) is 12.1 Å². The minimum Gasteiger partial charge on any atom is -0.492 e. The highest BCUT2D eigenvalue weighted by Crippen LogP contribution is 2.29. The Labute approximate surface area is 138 Å². The van der Waals surface area contributed by atoms with Gasteiger partial charge in [0.15, 0.2) is 0 Å². The molecule has 0 saturated heterocycles. The molecule has 0 bridgehead atoms. The predicted octanol–water partition coefficient (Wildman–Crippen LogP) is 0.247. The van der Waals surface area contributed by atoms with Gasteiger partial charge >= 0.3 is 0 Å². The zero-order valence-electron chi connectivity index (χ0n) is 13.7. The molecule has 0 aliphatic heterocycles. The summed E-state index contributed by atoms with van der Waals surface area (Å²) in [4.78, 5) is 0. The summed E-state index contributed by atoms with van der Waals surface area (Å²) in [7, 11) is -4.42. The number of ether oxygens (including phenoxy) is 1. The average molecular weight is 365 g/mol. The molecule has 0 spiro atoms. The van der Waals surface area contributed by atoms with Crippen LogP contribution in [-0.4, -0.2) is 61.2 Å². The molecule has 8 nitrogen and oxygen atoms in total. The first kappa shape index (κ1) is 19.7. The zero-order chi connectivity index (χ0) is 17.7. The smallest absolute Gasteiger partial charge is 0.278 e. The molecule has 10 heteroatoms. The molecule has 0 unspecified atom stereocenters. The van der Waals surface area contributed by atoms with Gasteiger partial charge in [-0.05, 0) is 19.1 Å². The minimum atomic E-state index is -3.61. The number of benzene rings is 1. The van der Waals surface area contributed by atoms with Crippen LogP contribution in [0.1, 0.15) is 6.92 Å². The number of nitrogens with zero attached hydrogens (tertiary/aromatic N) is 2. The van der Waals surface area contributed by atoms with Crippen molar-refractivity contribution in [1.29, 1.82) is 0 Å². The van der Waals surface area contributed by atoms with E-state index in [9.17, 15) is 16.8 Å². The van der Waals surface area contributed by atoms with E-state index < -0.39 is 20.2 Å². The Morgan fingerprint density at radius 1 is 1.13 bits per heavy atom. The summed E-state index contributed by atoms with van der Waals surface area (Å²) >= 11 is 0. The van der Waals surface area contributed by atoms with Gasteiger partial charge in [0, 0.05) is 27.2 Å². The van der Waals surface area contributed by atoms with Crippen molar-refractivity contribution in [2.24, 2.45) is 0 Å². The number of nitrogens with one attached hydrogen (secondary N) is 1. The number of hydrogen-bond acceptors (Lipinski definition) is 5. The van der Waals surface area contributed by atoms with Crippen molar-refractivity contribution in [3.05, 3.63) is 24.3 Å². The van der Waals surface area contributed by atoms with Gasteiger partial charge in [-0.2, -0.15) is 12.7 Å². The van der Waals surface area contributed by atoms with Crippen molar-refractivity contribution in [2.75, 3.05) is 44.4 Å². The maximum Gasteiger partial charge on any atom is 0.278 e. The van der Waals surface area contributed by atoms with Crippen LogP contribution in [0, 0.1) is 0 Å². The molecule has 0 saturated carbocycles. The van der Waals surface area contributed by atoms with Crippen LogP contribution in [0.3, 0.4) is 0 Å². The maximum atomic E-state index is 12.1. The van der Waals surface area contributed by atoms with Gasteiger partial charge in [0.1, 0.15) is 5.75 Å². The monoisotopic (exact) mass is 365 g/mol. The third-order valence-electron chi connectivity index (χ3n) is 2.91. The van der Waals surface area contributed by atoms with Gasteiger partial charge in [0.25, 0.3) is 10.2 Å². The fourth-order valence-electron chi connectivity index (χ4n) is 1.81. The second-order valence-electron chi connectivity index (χ2n) is 4.92. The Hall–Kier alpha value is -1.36. The van der Waals surface area contributed by atoms with E-state index in [2.05, 4.69) is 4.72 Å². The van der Waals surface area contributed by atoms with Crippen molar-refractivity contribution >= 4 is 25.9 Å². The second-order valence-corrected chi connectivity index (χ2v) is 8.79. The molecule has 1 aromatic rings. The fraction of sp³-hybridized carbons (Fsp3) is 0.538. The second kappa shape index (κ2) is 7.95. The van der Waals surface area contributed by atoms with Crippen LogP contribution < -0.4 is 13.8 Å². The molecule has 1 rings (SSSR count). The van der Waals surface area contributed by atoms with Crippen molar-refractivity contribution in [3.8, 4) is 5.75 Å². The van der Waals surface area contributed by atoms with Crippen molar-refractivity contribution in [1.82, 2.24) is 9.03 Å². The summed E-state index contributed by atoms with van der Waals surface area (Å²) in [5.41, 5.74) is 0.376. The van der Waals surface area contributed by atoms with E-state index in [4.69, 9.17) is 4.74 Å². The SMILES string of the molecule is CCOc1ccccc1N(CCNS(=O)(=O)N(C)C)S(C)(=O)=O. The summed E-state index contributed by atoms with van der Waals surface area (Å²) in [6, 6.07) is 6.72. The van der Waals surface area contributed by atoms with Gasteiger partial charge in [0.05, 0.1) is 18.6 Å². The van der Waals surface area contributed by atoms with Crippen LogP contribution in [0.15, 0.2) is 24.3 Å². The number of rotatable bonds is 9. The summed E-state index contributed by atoms with van der Waals surface area (Å²) < 4.78 is 57.4. The van der Waals surface area contributed by atoms with Crippen LogP contribution in [0.4, 0.5) is 5.69 Å². The Morgan fingerprint density at radius 2 is 1.74 bits per heavy atom. The Kier molecular flexibility index (Phi) is 6.81. The molecular weight excluding hydrogens is 342 g/mol. The summed E-state index contributed by atoms with van der Waals surface area (Å²) in [6.45, 7) is 2.08. The molecule has 0 radical (unpaired) electrons. The van der Waals surface area contributed by atoms with Gasteiger partial charge in [-0.15, -0.1) is 0 Å². The summed E-state index contributed by atoms with van der Waals surface area (Å²) in [6.07, 6.45) is 1.07. The number of anilines is 1. The van der Waals surface area contributed by atoms with E-state index in [1.807, 2.05) is 0 Å². The first-order chi connectivity index (χ1) is 10.6. The Morgan fingerprint density at radius 3 is 2.26 bits per heavy atom. The van der Waals surface area contributed by atoms with Crippen LogP contribution in [-0.2, 0) is 20.2 Å². The first-order valence-electron chi connectivity index (χ1n) is 6.96. The van der Waals surface area contributed by atoms with Gasteiger partial charge in [0.2, 0.25) is 10.0 Å². The number of sulfonamides is 1. The van der Waals surface area contributed by atoms with Gasteiger partial charge < -0.3 is 4.74 Å². The minimum absolute atomic E-state index is 0.0456. The highest BCUT2D eigenvalue weighted by atomic mass is 32.2. The van der Waals surface area contributed by atoms with Gasteiger partial charge in [-0.3, -0.25) is 4.31 Å². The molecular formula is C13H23N3O5S2. The van der Waals surface area contributed by atoms with E-state index in [1.165, 1.54) is 14.1 Å². The van der Waals surface area contributed by atoms with E-state index in [0.29, 0.717) is 18.0 Å². The van der Waals surface area contributed by atoms with Crippen LogP contribution in [0.5, 0.6) is 5.75 Å². The largest absolute Gasteiger partial charge is 0.492 e.